The van der Waals surface area contributed by atoms with Gasteiger partial charge in [0.25, 0.3) is 0 Å². The molecular weight excluding hydrogens is 356 g/mol. The van der Waals surface area contributed by atoms with E-state index in [0.29, 0.717) is 23.9 Å². The van der Waals surface area contributed by atoms with Crippen molar-refractivity contribution in [3.8, 4) is 17.1 Å². The van der Waals surface area contributed by atoms with Crippen LogP contribution in [-0.2, 0) is 4.79 Å². The van der Waals surface area contributed by atoms with Crippen LogP contribution in [0.2, 0.25) is 0 Å². The number of rotatable bonds is 6. The second kappa shape index (κ2) is 9.00. The van der Waals surface area contributed by atoms with Gasteiger partial charge in [-0.05, 0) is 37.8 Å². The molecule has 0 saturated heterocycles. The Hall–Kier alpha value is -2.12. The van der Waals surface area contributed by atoms with E-state index in [1.54, 1.807) is 7.11 Å². The molecule has 1 aromatic carbocycles. The van der Waals surface area contributed by atoms with Gasteiger partial charge in [0.1, 0.15) is 11.8 Å². The molecule has 3 atom stereocenters. The molecular formula is C18H25ClN4O3. The number of halogens is 1. The third-order valence-corrected chi connectivity index (χ3v) is 4.70. The first-order valence-electron chi connectivity index (χ1n) is 8.60. The molecule has 1 unspecified atom stereocenters. The molecule has 1 aliphatic carbocycles. The highest BCUT2D eigenvalue weighted by Crippen LogP contribution is 2.29. The van der Waals surface area contributed by atoms with Gasteiger partial charge in [-0.3, -0.25) is 4.79 Å². The lowest BCUT2D eigenvalue weighted by molar-refractivity contribution is -0.122. The van der Waals surface area contributed by atoms with Crippen LogP contribution in [0.3, 0.4) is 0 Å². The van der Waals surface area contributed by atoms with Gasteiger partial charge in [-0.2, -0.15) is 4.98 Å². The Morgan fingerprint density at radius 1 is 1.42 bits per heavy atom. The van der Waals surface area contributed by atoms with Gasteiger partial charge in [-0.15, -0.1) is 12.4 Å². The predicted octanol–water partition coefficient (Wildman–Crippen LogP) is 2.86. The minimum Gasteiger partial charge on any atom is -0.496 e. The van der Waals surface area contributed by atoms with Crippen LogP contribution in [0.15, 0.2) is 28.8 Å². The summed E-state index contributed by atoms with van der Waals surface area (Å²) in [5.74, 6) is 1.70. The number of nitrogens with zero attached hydrogens (tertiary/aromatic N) is 2. The van der Waals surface area contributed by atoms with E-state index in [4.69, 9.17) is 15.0 Å². The molecule has 0 radical (unpaired) electrons. The summed E-state index contributed by atoms with van der Waals surface area (Å²) in [6.45, 7) is 1.83. The molecule has 0 aliphatic heterocycles. The maximum atomic E-state index is 12.2. The van der Waals surface area contributed by atoms with Gasteiger partial charge in [0, 0.05) is 12.5 Å². The average molecular weight is 381 g/mol. The number of nitrogens with two attached hydrogens (primary N) is 1. The van der Waals surface area contributed by atoms with Crippen molar-refractivity contribution in [1.82, 2.24) is 15.5 Å². The number of methoxy groups -OCH3 is 1. The lowest BCUT2D eigenvalue weighted by Crippen LogP contribution is -2.33. The summed E-state index contributed by atoms with van der Waals surface area (Å²) in [5, 5.41) is 6.92. The number of amides is 1. The van der Waals surface area contributed by atoms with Gasteiger partial charge in [0.2, 0.25) is 17.6 Å². The summed E-state index contributed by atoms with van der Waals surface area (Å²) in [6, 6.07) is 7.21. The first-order valence-corrected chi connectivity index (χ1v) is 8.60. The zero-order chi connectivity index (χ0) is 17.8. The highest BCUT2D eigenvalue weighted by Gasteiger charge is 2.27. The number of aromatic nitrogens is 2. The van der Waals surface area contributed by atoms with E-state index >= 15 is 0 Å². The molecule has 1 aromatic heterocycles. The topological polar surface area (TPSA) is 103 Å². The molecule has 0 bridgehead atoms. The van der Waals surface area contributed by atoms with Crippen LogP contribution >= 0.6 is 12.4 Å². The van der Waals surface area contributed by atoms with Crippen LogP contribution in [0, 0.1) is 5.92 Å². The van der Waals surface area contributed by atoms with Crippen molar-refractivity contribution in [1.29, 1.82) is 0 Å². The van der Waals surface area contributed by atoms with Crippen LogP contribution in [0.1, 0.15) is 44.5 Å². The molecule has 1 amide bonds. The summed E-state index contributed by atoms with van der Waals surface area (Å²) in [5.41, 5.74) is 6.78. The van der Waals surface area contributed by atoms with Crippen molar-refractivity contribution in [2.24, 2.45) is 11.7 Å². The molecule has 2 aromatic rings. The van der Waals surface area contributed by atoms with E-state index in [9.17, 15) is 4.79 Å². The monoisotopic (exact) mass is 380 g/mol. The second-order valence-electron chi connectivity index (χ2n) is 6.50. The van der Waals surface area contributed by atoms with E-state index < -0.39 is 0 Å². The Kier molecular flexibility index (Phi) is 6.99. The highest BCUT2D eigenvalue weighted by atomic mass is 35.5. The van der Waals surface area contributed by atoms with Gasteiger partial charge >= 0.3 is 0 Å². The smallest absolute Gasteiger partial charge is 0.249 e. The molecule has 7 nitrogen and oxygen atoms in total. The Balaban J connectivity index is 0.00000243. The predicted molar refractivity (Wildman–Crippen MR) is 100 cm³/mol. The Labute approximate surface area is 159 Å². The molecule has 142 valence electrons. The van der Waals surface area contributed by atoms with Gasteiger partial charge in [0.05, 0.1) is 12.7 Å². The van der Waals surface area contributed by atoms with E-state index in [1.807, 2.05) is 31.2 Å². The second-order valence-corrected chi connectivity index (χ2v) is 6.50. The number of nitrogens with one attached hydrogen (secondary N) is 1. The van der Waals surface area contributed by atoms with Crippen molar-refractivity contribution in [3.05, 3.63) is 30.2 Å². The number of carbonyl (C=O) groups excluding carboxylic acids is 1. The van der Waals surface area contributed by atoms with Gasteiger partial charge in [0.15, 0.2) is 0 Å². The first kappa shape index (κ1) is 20.2. The Morgan fingerprint density at radius 2 is 2.19 bits per heavy atom. The number of benzene rings is 1. The molecule has 3 N–H and O–H groups in total. The van der Waals surface area contributed by atoms with E-state index in [1.165, 1.54) is 0 Å². The first-order chi connectivity index (χ1) is 12.1. The van der Waals surface area contributed by atoms with Crippen molar-refractivity contribution in [2.75, 3.05) is 7.11 Å². The van der Waals surface area contributed by atoms with Crippen LogP contribution < -0.4 is 15.8 Å². The number of para-hydroxylation sites is 1. The van der Waals surface area contributed by atoms with Crippen molar-refractivity contribution < 1.29 is 14.1 Å². The molecule has 1 aliphatic rings. The molecule has 1 saturated carbocycles. The van der Waals surface area contributed by atoms with Crippen LogP contribution in [0.5, 0.6) is 5.75 Å². The quantitative estimate of drug-likeness (QED) is 0.798. The lowest BCUT2D eigenvalue weighted by atomic mass is 10.00. The third kappa shape index (κ3) is 4.53. The number of hydrogen-bond acceptors (Lipinski definition) is 6. The highest BCUT2D eigenvalue weighted by molar-refractivity contribution is 5.85. The van der Waals surface area contributed by atoms with E-state index in [2.05, 4.69) is 15.5 Å². The summed E-state index contributed by atoms with van der Waals surface area (Å²) in [7, 11) is 1.59. The summed E-state index contributed by atoms with van der Waals surface area (Å²) in [6.07, 6.45) is 3.56. The fraction of sp³-hybridized carbons (Fsp3) is 0.500. The SMILES string of the molecule is COc1ccccc1-c1noc(C(C)NC(=O)C[C@@H]2CCC[C@H]2N)n1.Cl. The summed E-state index contributed by atoms with van der Waals surface area (Å²) in [4.78, 5) is 16.6. The van der Waals surface area contributed by atoms with Gasteiger partial charge in [-0.1, -0.05) is 23.7 Å². The number of ether oxygens (including phenoxy) is 1. The van der Waals surface area contributed by atoms with Crippen LogP contribution in [-0.4, -0.2) is 29.2 Å². The third-order valence-electron chi connectivity index (χ3n) is 4.70. The molecule has 26 heavy (non-hydrogen) atoms. The average Bonchev–Trinajstić information content (AvgIpc) is 3.24. The molecule has 0 spiro atoms. The zero-order valence-electron chi connectivity index (χ0n) is 15.0. The van der Waals surface area contributed by atoms with Crippen LogP contribution in [0.25, 0.3) is 11.4 Å². The van der Waals surface area contributed by atoms with Crippen molar-refractivity contribution >= 4 is 18.3 Å². The van der Waals surface area contributed by atoms with Gasteiger partial charge < -0.3 is 20.3 Å². The molecule has 1 fully saturated rings. The normalized spacial score (nSPS) is 20.3. The Bertz CT molecular complexity index is 737. The van der Waals surface area contributed by atoms with Crippen molar-refractivity contribution in [3.63, 3.8) is 0 Å². The van der Waals surface area contributed by atoms with E-state index in [0.717, 1.165) is 24.8 Å². The fourth-order valence-electron chi connectivity index (χ4n) is 3.27. The zero-order valence-corrected chi connectivity index (χ0v) is 15.8. The number of hydrogen-bond donors (Lipinski definition) is 2. The maximum absolute atomic E-state index is 12.2. The summed E-state index contributed by atoms with van der Waals surface area (Å²) >= 11 is 0. The maximum Gasteiger partial charge on any atom is 0.249 e. The molecule has 8 heteroatoms. The van der Waals surface area contributed by atoms with Crippen molar-refractivity contribution in [2.45, 2.75) is 44.7 Å². The minimum atomic E-state index is -0.360. The standard InChI is InChI=1S/C18H24N4O3.ClH/c1-11(20-16(23)10-12-6-5-8-14(12)19)18-21-17(22-25-18)13-7-3-4-9-15(13)24-2;/h3-4,7,9,11-12,14H,5-6,8,10,19H2,1-2H3,(H,20,23);1H/t11?,12-,14+;/m0./s1. The van der Waals surface area contributed by atoms with Crippen LogP contribution in [0.4, 0.5) is 0 Å². The summed E-state index contributed by atoms with van der Waals surface area (Å²) < 4.78 is 10.6. The molecule has 3 rings (SSSR count). The largest absolute Gasteiger partial charge is 0.496 e. The van der Waals surface area contributed by atoms with E-state index in [-0.39, 0.29) is 36.3 Å². The Morgan fingerprint density at radius 3 is 2.88 bits per heavy atom. The van der Waals surface area contributed by atoms with Gasteiger partial charge in [-0.25, -0.2) is 0 Å². The number of carbonyl (C=O) groups is 1. The lowest BCUT2D eigenvalue weighted by Gasteiger charge is -2.16. The molecule has 1 heterocycles. The minimum absolute atomic E-state index is 0. The fourth-order valence-corrected chi connectivity index (χ4v) is 3.27.